The van der Waals surface area contributed by atoms with Gasteiger partial charge < -0.3 is 20.0 Å². The van der Waals surface area contributed by atoms with Gasteiger partial charge in [-0.3, -0.25) is 0 Å². The van der Waals surface area contributed by atoms with Gasteiger partial charge in [-0.2, -0.15) is 0 Å². The molecule has 4 rings (SSSR count). The monoisotopic (exact) mass is 422 g/mol. The van der Waals surface area contributed by atoms with Gasteiger partial charge in [-0.1, -0.05) is 48.5 Å². The molecule has 3 aromatic rings. The zero-order valence-corrected chi connectivity index (χ0v) is 16.3. The quantitative estimate of drug-likeness (QED) is 0.662. The molecule has 1 atom stereocenters. The Balaban J connectivity index is 1.44. The van der Waals surface area contributed by atoms with Gasteiger partial charge in [-0.05, 0) is 46.4 Å². The molecule has 0 radical (unpaired) electrons. The number of carboxylic acid groups (broad SMARTS) is 1. The zero-order valence-electron chi connectivity index (χ0n) is 16.3. The number of hydrogen-bond acceptors (Lipinski definition) is 4. The topological polar surface area (TPSA) is 78.5 Å². The molecule has 0 saturated carbocycles. The molecule has 0 bridgehead atoms. The third kappa shape index (κ3) is 4.40. The molecule has 0 unspecified atom stereocenters. The van der Waals surface area contributed by atoms with Gasteiger partial charge in [0.05, 0.1) is 12.0 Å². The fraction of sp³-hybridized carbons (Fsp3) is 0.167. The number of hydrogen-bond donors (Lipinski definition) is 1. The van der Waals surface area contributed by atoms with Gasteiger partial charge in [0, 0.05) is 12.0 Å². The number of halogens is 2. The number of ether oxygens (including phenoxy) is 1. The lowest BCUT2D eigenvalue weighted by atomic mass is 9.98. The number of carbonyl (C=O) groups is 2. The Bertz CT molecular complexity index is 1080. The van der Waals surface area contributed by atoms with Crippen LogP contribution in [0.5, 0.6) is 0 Å². The van der Waals surface area contributed by atoms with E-state index in [9.17, 15) is 23.5 Å². The standard InChI is InChI=1S/C24H19F2NO4/c25-15-9-14(10-16(26)12-15)11-22(23(28)29)27-24(30)31-13-21-19-7-3-1-5-17(19)18-6-2-4-8-20(18)21/h1-10,12,21-22H,11,13H2,(H,27,30)(H,28,29)/p-1/t22-/m1/s1. The summed E-state index contributed by atoms with van der Waals surface area (Å²) in [6.45, 7) is 0.00816. The average molecular weight is 422 g/mol. The van der Waals surface area contributed by atoms with Crippen molar-refractivity contribution in [2.24, 2.45) is 0 Å². The third-order valence-electron chi connectivity index (χ3n) is 5.28. The smallest absolute Gasteiger partial charge is 0.407 e. The van der Waals surface area contributed by atoms with E-state index in [1.54, 1.807) is 0 Å². The minimum atomic E-state index is -1.59. The summed E-state index contributed by atoms with van der Waals surface area (Å²) < 4.78 is 32.0. The normalized spacial score (nSPS) is 13.2. The van der Waals surface area contributed by atoms with E-state index < -0.39 is 29.7 Å². The van der Waals surface area contributed by atoms with Crippen molar-refractivity contribution in [2.75, 3.05) is 6.61 Å². The van der Waals surface area contributed by atoms with Gasteiger partial charge in [0.1, 0.15) is 18.2 Å². The van der Waals surface area contributed by atoms with E-state index in [-0.39, 0.29) is 24.5 Å². The summed E-state index contributed by atoms with van der Waals surface area (Å²) in [5.74, 6) is -3.45. The molecule has 1 N–H and O–H groups in total. The van der Waals surface area contributed by atoms with Crippen molar-refractivity contribution in [1.29, 1.82) is 0 Å². The molecular weight excluding hydrogens is 404 g/mol. The number of nitrogens with one attached hydrogen (secondary N) is 1. The number of alkyl carbamates (subject to hydrolysis) is 1. The molecule has 0 heterocycles. The van der Waals surface area contributed by atoms with Crippen molar-refractivity contribution in [3.8, 4) is 11.1 Å². The van der Waals surface area contributed by atoms with E-state index in [0.29, 0.717) is 6.07 Å². The van der Waals surface area contributed by atoms with Crippen LogP contribution in [0.15, 0.2) is 66.7 Å². The zero-order chi connectivity index (χ0) is 22.0. The van der Waals surface area contributed by atoms with Gasteiger partial charge in [0.25, 0.3) is 0 Å². The van der Waals surface area contributed by atoms with Crippen LogP contribution >= 0.6 is 0 Å². The summed E-state index contributed by atoms with van der Waals surface area (Å²) in [5, 5.41) is 13.6. The minimum absolute atomic E-state index is 0.00816. The molecule has 0 fully saturated rings. The molecule has 158 valence electrons. The Morgan fingerprint density at radius 3 is 2.03 bits per heavy atom. The number of rotatable bonds is 6. The molecule has 31 heavy (non-hydrogen) atoms. The van der Waals surface area contributed by atoms with Crippen molar-refractivity contribution in [2.45, 2.75) is 18.4 Å². The summed E-state index contributed by atoms with van der Waals surface area (Å²) >= 11 is 0. The highest BCUT2D eigenvalue weighted by atomic mass is 19.1. The third-order valence-corrected chi connectivity index (χ3v) is 5.28. The first-order valence-electron chi connectivity index (χ1n) is 9.69. The van der Waals surface area contributed by atoms with Gasteiger partial charge in [-0.25, -0.2) is 13.6 Å². The van der Waals surface area contributed by atoms with Crippen LogP contribution in [0.3, 0.4) is 0 Å². The van der Waals surface area contributed by atoms with Crippen molar-refractivity contribution in [3.63, 3.8) is 0 Å². The van der Waals surface area contributed by atoms with Crippen molar-refractivity contribution in [3.05, 3.63) is 95.1 Å². The molecule has 0 spiro atoms. The molecule has 0 saturated heterocycles. The van der Waals surface area contributed by atoms with Crippen LogP contribution in [0, 0.1) is 11.6 Å². The fourth-order valence-corrected chi connectivity index (χ4v) is 3.94. The van der Waals surface area contributed by atoms with E-state index in [1.807, 2.05) is 48.5 Å². The van der Waals surface area contributed by atoms with Crippen molar-refractivity contribution < 1.29 is 28.2 Å². The summed E-state index contributed by atoms with van der Waals surface area (Å²) in [6.07, 6.45) is -1.30. The number of carboxylic acids is 1. The lowest BCUT2D eigenvalue weighted by molar-refractivity contribution is -0.308. The summed E-state index contributed by atoms with van der Waals surface area (Å²) in [7, 11) is 0. The molecule has 7 heteroatoms. The lowest BCUT2D eigenvalue weighted by Gasteiger charge is -2.21. The summed E-state index contributed by atoms with van der Waals surface area (Å²) in [4.78, 5) is 23.7. The highest BCUT2D eigenvalue weighted by Gasteiger charge is 2.29. The maximum atomic E-state index is 13.4. The van der Waals surface area contributed by atoms with E-state index in [4.69, 9.17) is 4.74 Å². The maximum Gasteiger partial charge on any atom is 0.407 e. The van der Waals surface area contributed by atoms with E-state index >= 15 is 0 Å². The van der Waals surface area contributed by atoms with Crippen molar-refractivity contribution >= 4 is 12.1 Å². The second-order valence-corrected chi connectivity index (χ2v) is 7.32. The van der Waals surface area contributed by atoms with E-state index in [2.05, 4.69) is 5.32 Å². The Kier molecular flexibility index (Phi) is 5.66. The number of amides is 1. The van der Waals surface area contributed by atoms with Crippen LogP contribution in [0.2, 0.25) is 0 Å². The largest absolute Gasteiger partial charge is 0.548 e. The first-order valence-corrected chi connectivity index (χ1v) is 9.69. The molecule has 0 aromatic heterocycles. The molecule has 5 nitrogen and oxygen atoms in total. The molecule has 0 aliphatic heterocycles. The van der Waals surface area contributed by atoms with Gasteiger partial charge in [0.2, 0.25) is 0 Å². The van der Waals surface area contributed by atoms with Crippen LogP contribution in [0.4, 0.5) is 13.6 Å². The van der Waals surface area contributed by atoms with Crippen LogP contribution in [-0.2, 0) is 16.0 Å². The first kappa shape index (κ1) is 20.5. The van der Waals surface area contributed by atoms with E-state index in [0.717, 1.165) is 34.4 Å². The van der Waals surface area contributed by atoms with Crippen LogP contribution in [0.1, 0.15) is 22.6 Å². The molecule has 1 aliphatic carbocycles. The minimum Gasteiger partial charge on any atom is -0.548 e. The average Bonchev–Trinajstić information content (AvgIpc) is 3.05. The summed E-state index contributed by atoms with van der Waals surface area (Å²) in [6, 6.07) is 16.8. The Morgan fingerprint density at radius 1 is 0.935 bits per heavy atom. The number of fused-ring (bicyclic) bond motifs is 3. The molecule has 1 amide bonds. The first-order chi connectivity index (χ1) is 14.9. The maximum absolute atomic E-state index is 13.4. The highest BCUT2D eigenvalue weighted by molar-refractivity contribution is 5.80. The second kappa shape index (κ2) is 8.55. The molecule has 3 aromatic carbocycles. The van der Waals surface area contributed by atoms with Gasteiger partial charge in [0.15, 0.2) is 0 Å². The number of benzene rings is 3. The van der Waals surface area contributed by atoms with Gasteiger partial charge in [-0.15, -0.1) is 0 Å². The Hall–Kier alpha value is -3.74. The second-order valence-electron chi connectivity index (χ2n) is 7.32. The Labute approximate surface area is 177 Å². The summed E-state index contributed by atoms with van der Waals surface area (Å²) in [5.41, 5.74) is 4.23. The SMILES string of the molecule is O=C(N[C@H](Cc1cc(F)cc(F)c1)C(=O)[O-])OCC1c2ccccc2-c2ccccc21. The molecule has 1 aliphatic rings. The van der Waals surface area contributed by atoms with E-state index in [1.165, 1.54) is 0 Å². The van der Waals surface area contributed by atoms with Crippen molar-refractivity contribution in [1.82, 2.24) is 5.32 Å². The van der Waals surface area contributed by atoms with Crippen LogP contribution in [0.25, 0.3) is 11.1 Å². The van der Waals surface area contributed by atoms with Crippen LogP contribution in [-0.4, -0.2) is 24.7 Å². The highest BCUT2D eigenvalue weighted by Crippen LogP contribution is 2.44. The van der Waals surface area contributed by atoms with Crippen LogP contribution < -0.4 is 10.4 Å². The number of carbonyl (C=O) groups excluding carboxylic acids is 2. The molecular formula is C24H18F2NO4-. The Morgan fingerprint density at radius 2 is 1.48 bits per heavy atom. The predicted octanol–water partition coefficient (Wildman–Crippen LogP) is 3.16. The van der Waals surface area contributed by atoms with Gasteiger partial charge >= 0.3 is 6.09 Å². The number of aliphatic carboxylic acids is 1. The predicted molar refractivity (Wildman–Crippen MR) is 107 cm³/mol. The fourth-order valence-electron chi connectivity index (χ4n) is 3.94. The lowest BCUT2D eigenvalue weighted by Crippen LogP contribution is -2.49.